The number of carbonyl (C=O) groups excluding carboxylic acids is 1. The summed E-state index contributed by atoms with van der Waals surface area (Å²) >= 11 is 0. The van der Waals surface area contributed by atoms with Crippen LogP contribution in [-0.4, -0.2) is 32.5 Å². The van der Waals surface area contributed by atoms with Gasteiger partial charge in [0.2, 0.25) is 0 Å². The van der Waals surface area contributed by atoms with Crippen molar-refractivity contribution in [2.24, 2.45) is 0 Å². The minimum absolute atomic E-state index is 0.0300. The second-order valence-electron chi connectivity index (χ2n) is 5.78. The summed E-state index contributed by atoms with van der Waals surface area (Å²) in [5.41, 5.74) is 4.12. The van der Waals surface area contributed by atoms with Gasteiger partial charge in [-0.2, -0.15) is 5.10 Å². The van der Waals surface area contributed by atoms with Crippen LogP contribution in [0.2, 0.25) is 0 Å². The quantitative estimate of drug-likeness (QED) is 0.720. The molecule has 3 heterocycles. The molecule has 2 aromatic heterocycles. The van der Waals surface area contributed by atoms with E-state index in [9.17, 15) is 4.79 Å². The van der Waals surface area contributed by atoms with Gasteiger partial charge in [-0.1, -0.05) is 18.2 Å². The Labute approximate surface area is 145 Å². The number of anilines is 1. The van der Waals surface area contributed by atoms with Gasteiger partial charge in [-0.3, -0.25) is 14.9 Å². The van der Waals surface area contributed by atoms with E-state index in [1.165, 1.54) is 0 Å². The van der Waals surface area contributed by atoms with Gasteiger partial charge in [0.05, 0.1) is 17.5 Å². The molecular weight excluding hydrogens is 314 g/mol. The molecule has 0 unspecified atom stereocenters. The standard InChI is InChI=1S/C19H17N5O/c1-2-10-24-18(22-16-8-4-3-7-14(16)19(24)25)15-12-21-23-17(15)13-6-5-9-20-11-13/h2-9,11-12,18,22H,1,10H2,(H,21,23)/t18-/m0/s1. The lowest BCUT2D eigenvalue weighted by molar-refractivity contribution is 0.0708. The largest absolute Gasteiger partial charge is 0.361 e. The molecule has 1 amide bonds. The van der Waals surface area contributed by atoms with Gasteiger partial charge in [-0.05, 0) is 24.3 Å². The molecule has 0 saturated carbocycles. The fourth-order valence-electron chi connectivity index (χ4n) is 3.11. The average molecular weight is 331 g/mol. The molecule has 1 atom stereocenters. The van der Waals surface area contributed by atoms with Gasteiger partial charge in [0.25, 0.3) is 5.91 Å². The van der Waals surface area contributed by atoms with Crippen LogP contribution in [0.3, 0.4) is 0 Å². The van der Waals surface area contributed by atoms with E-state index in [0.717, 1.165) is 22.5 Å². The van der Waals surface area contributed by atoms with Crippen molar-refractivity contribution in [1.29, 1.82) is 0 Å². The van der Waals surface area contributed by atoms with Crippen molar-refractivity contribution in [2.75, 3.05) is 11.9 Å². The fourth-order valence-corrected chi connectivity index (χ4v) is 3.11. The maximum absolute atomic E-state index is 13.0. The highest BCUT2D eigenvalue weighted by molar-refractivity contribution is 6.02. The van der Waals surface area contributed by atoms with Crippen molar-refractivity contribution in [2.45, 2.75) is 6.17 Å². The smallest absolute Gasteiger partial charge is 0.258 e. The highest BCUT2D eigenvalue weighted by atomic mass is 16.2. The van der Waals surface area contributed by atoms with E-state index in [0.29, 0.717) is 12.1 Å². The van der Waals surface area contributed by atoms with Crippen molar-refractivity contribution in [3.63, 3.8) is 0 Å². The molecule has 0 radical (unpaired) electrons. The third-order valence-electron chi connectivity index (χ3n) is 4.26. The summed E-state index contributed by atoms with van der Waals surface area (Å²) in [6, 6.07) is 11.3. The van der Waals surface area contributed by atoms with E-state index < -0.39 is 0 Å². The Morgan fingerprint density at radius 2 is 2.08 bits per heavy atom. The average Bonchev–Trinajstić information content (AvgIpc) is 3.14. The van der Waals surface area contributed by atoms with Crippen LogP contribution in [0.15, 0.2) is 67.6 Å². The molecule has 0 bridgehead atoms. The molecule has 3 aromatic rings. The van der Waals surface area contributed by atoms with Crippen LogP contribution < -0.4 is 5.32 Å². The molecule has 1 aliphatic heterocycles. The van der Waals surface area contributed by atoms with Crippen LogP contribution >= 0.6 is 0 Å². The number of para-hydroxylation sites is 1. The molecule has 0 aliphatic carbocycles. The summed E-state index contributed by atoms with van der Waals surface area (Å²) in [6.45, 7) is 4.22. The van der Waals surface area contributed by atoms with E-state index in [1.807, 2.05) is 36.4 Å². The number of aromatic amines is 1. The van der Waals surface area contributed by atoms with Gasteiger partial charge < -0.3 is 10.2 Å². The third-order valence-corrected chi connectivity index (χ3v) is 4.26. The van der Waals surface area contributed by atoms with Crippen LogP contribution in [0.5, 0.6) is 0 Å². The zero-order valence-electron chi connectivity index (χ0n) is 13.5. The molecule has 25 heavy (non-hydrogen) atoms. The van der Waals surface area contributed by atoms with Crippen molar-refractivity contribution in [3.05, 3.63) is 78.8 Å². The zero-order chi connectivity index (χ0) is 17.2. The first-order valence-corrected chi connectivity index (χ1v) is 8.00. The van der Waals surface area contributed by atoms with E-state index in [2.05, 4.69) is 27.1 Å². The number of aromatic nitrogens is 3. The Balaban J connectivity index is 1.81. The lowest BCUT2D eigenvalue weighted by atomic mass is 10.0. The summed E-state index contributed by atoms with van der Waals surface area (Å²) in [4.78, 5) is 18.9. The lowest BCUT2D eigenvalue weighted by Gasteiger charge is -2.37. The SMILES string of the molecule is C=CCN1C(=O)c2ccccc2N[C@@H]1c1cn[nH]c1-c1cccnc1. The molecular formula is C19H17N5O. The molecule has 124 valence electrons. The van der Waals surface area contributed by atoms with Gasteiger partial charge in [-0.15, -0.1) is 6.58 Å². The molecule has 0 fully saturated rings. The van der Waals surface area contributed by atoms with Gasteiger partial charge in [0, 0.05) is 35.8 Å². The first-order valence-electron chi connectivity index (χ1n) is 8.00. The number of rotatable bonds is 4. The van der Waals surface area contributed by atoms with Gasteiger partial charge in [-0.25, -0.2) is 0 Å². The summed E-state index contributed by atoms with van der Waals surface area (Å²) in [6.07, 6.45) is 6.63. The van der Waals surface area contributed by atoms with Crippen LogP contribution in [0, 0.1) is 0 Å². The van der Waals surface area contributed by atoms with Gasteiger partial charge in [0.15, 0.2) is 0 Å². The van der Waals surface area contributed by atoms with Crippen LogP contribution in [0.1, 0.15) is 22.1 Å². The Morgan fingerprint density at radius 3 is 2.88 bits per heavy atom. The number of nitrogens with one attached hydrogen (secondary N) is 2. The van der Waals surface area contributed by atoms with Gasteiger partial charge in [0.1, 0.15) is 6.17 Å². The second kappa shape index (κ2) is 6.24. The number of benzene rings is 1. The number of carbonyl (C=O) groups is 1. The number of pyridine rings is 1. The predicted octanol–water partition coefficient (Wildman–Crippen LogP) is 3.22. The summed E-state index contributed by atoms with van der Waals surface area (Å²) in [7, 11) is 0. The summed E-state index contributed by atoms with van der Waals surface area (Å²) in [5.74, 6) is -0.0300. The van der Waals surface area contributed by atoms with Crippen molar-refractivity contribution >= 4 is 11.6 Å². The maximum atomic E-state index is 13.0. The van der Waals surface area contributed by atoms with E-state index >= 15 is 0 Å². The predicted molar refractivity (Wildman–Crippen MR) is 95.9 cm³/mol. The van der Waals surface area contributed by atoms with E-state index in [1.54, 1.807) is 29.6 Å². The number of nitrogens with zero attached hydrogens (tertiary/aromatic N) is 3. The van der Waals surface area contributed by atoms with Crippen LogP contribution in [0.25, 0.3) is 11.3 Å². The zero-order valence-corrected chi connectivity index (χ0v) is 13.5. The molecule has 6 heteroatoms. The molecule has 4 rings (SSSR count). The minimum Gasteiger partial charge on any atom is -0.361 e. The molecule has 2 N–H and O–H groups in total. The highest BCUT2D eigenvalue weighted by Gasteiger charge is 2.34. The molecule has 1 aromatic carbocycles. The van der Waals surface area contributed by atoms with Crippen molar-refractivity contribution < 1.29 is 4.79 Å². The highest BCUT2D eigenvalue weighted by Crippen LogP contribution is 2.36. The molecule has 6 nitrogen and oxygen atoms in total. The number of amides is 1. The third kappa shape index (κ3) is 2.57. The number of hydrogen-bond donors (Lipinski definition) is 2. The maximum Gasteiger partial charge on any atom is 0.258 e. The van der Waals surface area contributed by atoms with Gasteiger partial charge >= 0.3 is 0 Å². The topological polar surface area (TPSA) is 73.9 Å². The fraction of sp³-hybridized carbons (Fsp3) is 0.105. The van der Waals surface area contributed by atoms with Crippen molar-refractivity contribution in [1.82, 2.24) is 20.1 Å². The first-order chi connectivity index (χ1) is 12.3. The Morgan fingerprint density at radius 1 is 1.20 bits per heavy atom. The van der Waals surface area contributed by atoms with Crippen LogP contribution in [-0.2, 0) is 0 Å². The molecule has 1 aliphatic rings. The first kappa shape index (κ1) is 15.1. The Kier molecular flexibility index (Phi) is 3.78. The number of fused-ring (bicyclic) bond motifs is 1. The monoisotopic (exact) mass is 331 g/mol. The van der Waals surface area contributed by atoms with E-state index in [4.69, 9.17) is 0 Å². The van der Waals surface area contributed by atoms with Crippen molar-refractivity contribution in [3.8, 4) is 11.3 Å². The van der Waals surface area contributed by atoms with Crippen LogP contribution in [0.4, 0.5) is 5.69 Å². The molecule has 0 saturated heterocycles. The second-order valence-corrected chi connectivity index (χ2v) is 5.78. The Bertz CT molecular complexity index is 918. The number of H-pyrrole nitrogens is 1. The lowest BCUT2D eigenvalue weighted by Crippen LogP contribution is -2.43. The summed E-state index contributed by atoms with van der Waals surface area (Å²) in [5, 5.41) is 10.7. The Hall–Kier alpha value is -3.41. The summed E-state index contributed by atoms with van der Waals surface area (Å²) < 4.78 is 0. The minimum atomic E-state index is -0.339. The number of hydrogen-bond acceptors (Lipinski definition) is 4. The normalized spacial score (nSPS) is 16.2. The van der Waals surface area contributed by atoms with E-state index in [-0.39, 0.29) is 12.1 Å². The molecule has 0 spiro atoms.